The van der Waals surface area contributed by atoms with Crippen molar-refractivity contribution in [3.8, 4) is 0 Å². The molecule has 36 heavy (non-hydrogen) atoms. The molecule has 3 fully saturated rings. The van der Waals surface area contributed by atoms with E-state index in [-0.39, 0.29) is 38.4 Å². The Balaban J connectivity index is 1.53. The highest BCUT2D eigenvalue weighted by molar-refractivity contribution is 5.85. The fourth-order valence-corrected chi connectivity index (χ4v) is 6.52. The van der Waals surface area contributed by atoms with E-state index < -0.39 is 40.4 Å². The van der Waals surface area contributed by atoms with Gasteiger partial charge in [0.05, 0.1) is 37.4 Å². The minimum Gasteiger partial charge on any atom is -0.462 e. The summed E-state index contributed by atoms with van der Waals surface area (Å²) in [6, 6.07) is 0. The molecule has 9 heteroatoms. The molecule has 3 heterocycles. The first-order valence-electron chi connectivity index (χ1n) is 12.4. The maximum Gasteiger partial charge on any atom is 0.331 e. The van der Waals surface area contributed by atoms with Crippen molar-refractivity contribution in [1.82, 2.24) is 0 Å². The molecule has 0 aromatic carbocycles. The lowest BCUT2D eigenvalue weighted by atomic mass is 9.51. The first-order chi connectivity index (χ1) is 17.2. The molecule has 0 radical (unpaired) electrons. The third-order valence-electron chi connectivity index (χ3n) is 8.72. The van der Waals surface area contributed by atoms with Crippen molar-refractivity contribution >= 4 is 17.9 Å². The maximum absolute atomic E-state index is 12.8. The van der Waals surface area contributed by atoms with Crippen LogP contribution in [0, 0.1) is 10.8 Å². The highest BCUT2D eigenvalue weighted by Gasteiger charge is 2.83. The Hall–Kier alpha value is -2.75. The molecule has 0 aromatic rings. The number of cyclic esters (lactones) is 2. The van der Waals surface area contributed by atoms with Crippen LogP contribution in [0.15, 0.2) is 47.6 Å². The molecule has 0 amide bonds. The summed E-state index contributed by atoms with van der Waals surface area (Å²) < 4.78 is 29.6. The molecule has 194 valence electrons. The van der Waals surface area contributed by atoms with Crippen LogP contribution in [0.1, 0.15) is 39.5 Å². The van der Waals surface area contributed by atoms with Gasteiger partial charge in [-0.2, -0.15) is 0 Å². The summed E-state index contributed by atoms with van der Waals surface area (Å²) >= 11 is 0. The lowest BCUT2D eigenvalue weighted by molar-refractivity contribution is -0.232. The maximum atomic E-state index is 12.8. The third-order valence-corrected chi connectivity index (χ3v) is 8.72. The minimum absolute atomic E-state index is 0.0144. The van der Waals surface area contributed by atoms with Gasteiger partial charge in [0.15, 0.2) is 0 Å². The number of carbonyl (C=O) groups is 3. The monoisotopic (exact) mass is 500 g/mol. The third kappa shape index (κ3) is 3.93. The first kappa shape index (κ1) is 24.9. The van der Waals surface area contributed by atoms with Gasteiger partial charge in [0.1, 0.15) is 18.3 Å². The molecule has 0 aromatic heterocycles. The summed E-state index contributed by atoms with van der Waals surface area (Å²) in [5.74, 6) is -1.74. The molecule has 9 nitrogen and oxygen atoms in total. The number of aliphatic hydroxyl groups excluding tert-OH is 1. The SMILES string of the molecule is CC1=C[C@@H]2O[C@H]3C[C@@H]4OC(=O)/C=C/C=C/C(=O)OCC/C(CO)=C\C(=O)OC[C@]2(CC1)[C@@]4(C)[C@@]31CO1. The van der Waals surface area contributed by atoms with Gasteiger partial charge in [-0.15, -0.1) is 0 Å². The van der Waals surface area contributed by atoms with Crippen LogP contribution in [0.4, 0.5) is 0 Å². The summed E-state index contributed by atoms with van der Waals surface area (Å²) in [6.45, 7) is 4.29. The highest BCUT2D eigenvalue weighted by atomic mass is 16.6. The Kier molecular flexibility index (Phi) is 6.43. The van der Waals surface area contributed by atoms with E-state index >= 15 is 0 Å². The molecule has 5 rings (SSSR count). The van der Waals surface area contributed by atoms with Crippen LogP contribution >= 0.6 is 0 Å². The molecular weight excluding hydrogens is 468 g/mol. The molecule has 2 aliphatic carbocycles. The fraction of sp³-hybridized carbons (Fsp3) is 0.593. The van der Waals surface area contributed by atoms with Crippen LogP contribution in [0.2, 0.25) is 0 Å². The Morgan fingerprint density at radius 1 is 1.00 bits per heavy atom. The summed E-state index contributed by atoms with van der Waals surface area (Å²) in [4.78, 5) is 37.5. The van der Waals surface area contributed by atoms with Crippen molar-refractivity contribution in [3.05, 3.63) is 47.6 Å². The number of hydrogen-bond acceptors (Lipinski definition) is 9. The van der Waals surface area contributed by atoms with Gasteiger partial charge in [-0.05, 0) is 25.3 Å². The zero-order chi connectivity index (χ0) is 25.6. The van der Waals surface area contributed by atoms with E-state index in [1.165, 1.54) is 36.0 Å². The van der Waals surface area contributed by atoms with Crippen LogP contribution < -0.4 is 0 Å². The number of aliphatic hydroxyl groups is 1. The second kappa shape index (κ2) is 9.28. The van der Waals surface area contributed by atoms with E-state index in [9.17, 15) is 19.5 Å². The van der Waals surface area contributed by atoms with E-state index in [1.54, 1.807) is 0 Å². The number of ether oxygens (including phenoxy) is 5. The van der Waals surface area contributed by atoms with Gasteiger partial charge < -0.3 is 28.8 Å². The Labute approximate surface area is 209 Å². The Morgan fingerprint density at radius 2 is 1.75 bits per heavy atom. The zero-order valence-electron chi connectivity index (χ0n) is 20.6. The number of carbonyl (C=O) groups excluding carboxylic acids is 3. The van der Waals surface area contributed by atoms with Crippen molar-refractivity contribution in [2.75, 3.05) is 26.4 Å². The van der Waals surface area contributed by atoms with E-state index in [0.717, 1.165) is 6.42 Å². The summed E-state index contributed by atoms with van der Waals surface area (Å²) in [5.41, 5.74) is -0.350. The van der Waals surface area contributed by atoms with E-state index in [4.69, 9.17) is 23.7 Å². The predicted molar refractivity (Wildman–Crippen MR) is 125 cm³/mol. The number of esters is 3. The molecule has 2 bridgehead atoms. The molecule has 5 aliphatic rings. The van der Waals surface area contributed by atoms with E-state index in [1.807, 2.05) is 0 Å². The standard InChI is InChI=1S/C27H32O9/c1-17-7-9-26-15-33-24(31)12-18(14-28)8-10-32-22(29)5-3-4-6-23(30)36-19-13-21(35-20(26)11-17)27(16-34-27)25(19,26)2/h3-6,11-12,19-21,28H,7-10,13-16H2,1-2H3/b5-3+,6-4+,18-12+/t19-,20-,21-,25-,26-,27+/m0/s1. The molecule has 2 saturated heterocycles. The lowest BCUT2D eigenvalue weighted by Crippen LogP contribution is -2.66. The number of rotatable bonds is 1. The number of hydrogen-bond donors (Lipinski definition) is 1. The van der Waals surface area contributed by atoms with Crippen molar-refractivity contribution in [1.29, 1.82) is 0 Å². The van der Waals surface area contributed by atoms with Crippen LogP contribution in [0.3, 0.4) is 0 Å². The molecule has 3 aliphatic heterocycles. The van der Waals surface area contributed by atoms with Crippen LogP contribution in [-0.4, -0.2) is 73.4 Å². The van der Waals surface area contributed by atoms with Crippen molar-refractivity contribution in [2.45, 2.75) is 63.4 Å². The van der Waals surface area contributed by atoms with Gasteiger partial charge in [0.25, 0.3) is 0 Å². The van der Waals surface area contributed by atoms with Gasteiger partial charge in [-0.25, -0.2) is 14.4 Å². The minimum atomic E-state index is -0.672. The number of epoxide rings is 1. The average molecular weight is 501 g/mol. The number of allylic oxidation sites excluding steroid dienone is 3. The van der Waals surface area contributed by atoms with Crippen molar-refractivity contribution in [2.24, 2.45) is 10.8 Å². The van der Waals surface area contributed by atoms with Gasteiger partial charge in [-0.1, -0.05) is 30.7 Å². The molecule has 1 saturated carbocycles. The summed E-state index contributed by atoms with van der Waals surface area (Å²) in [6.07, 6.45) is 9.68. The van der Waals surface area contributed by atoms with Crippen LogP contribution in [0.25, 0.3) is 0 Å². The smallest absolute Gasteiger partial charge is 0.331 e. The van der Waals surface area contributed by atoms with Crippen molar-refractivity contribution in [3.63, 3.8) is 0 Å². The van der Waals surface area contributed by atoms with Crippen LogP contribution in [-0.2, 0) is 38.1 Å². The second-order valence-electron chi connectivity index (χ2n) is 10.5. The van der Waals surface area contributed by atoms with E-state index in [0.29, 0.717) is 25.0 Å². The highest BCUT2D eigenvalue weighted by Crippen LogP contribution is 2.72. The fourth-order valence-electron chi connectivity index (χ4n) is 6.52. The van der Waals surface area contributed by atoms with Gasteiger partial charge in [0.2, 0.25) is 0 Å². The van der Waals surface area contributed by atoms with Gasteiger partial charge in [0, 0.05) is 36.5 Å². The summed E-state index contributed by atoms with van der Waals surface area (Å²) in [5, 5.41) is 9.68. The first-order valence-corrected chi connectivity index (χ1v) is 12.4. The Morgan fingerprint density at radius 3 is 2.47 bits per heavy atom. The molecule has 2 spiro atoms. The zero-order valence-corrected chi connectivity index (χ0v) is 20.6. The van der Waals surface area contributed by atoms with Gasteiger partial charge in [-0.3, -0.25) is 0 Å². The molecule has 0 unspecified atom stereocenters. The molecule has 6 atom stereocenters. The van der Waals surface area contributed by atoms with Crippen molar-refractivity contribution < 1.29 is 43.2 Å². The normalized spacial score (nSPS) is 44.0. The topological polar surface area (TPSA) is 121 Å². The quantitative estimate of drug-likeness (QED) is 0.250. The Bertz CT molecular complexity index is 1070. The largest absolute Gasteiger partial charge is 0.462 e. The second-order valence-corrected chi connectivity index (χ2v) is 10.5. The van der Waals surface area contributed by atoms with E-state index in [2.05, 4.69) is 19.9 Å². The van der Waals surface area contributed by atoms with Crippen LogP contribution in [0.5, 0.6) is 0 Å². The molecule has 1 N–H and O–H groups in total. The predicted octanol–water partition coefficient (Wildman–Crippen LogP) is 2.09. The van der Waals surface area contributed by atoms with Gasteiger partial charge >= 0.3 is 17.9 Å². The molecular formula is C27H32O9. The summed E-state index contributed by atoms with van der Waals surface area (Å²) in [7, 11) is 0. The average Bonchev–Trinajstić information content (AvgIpc) is 3.62. The lowest BCUT2D eigenvalue weighted by Gasteiger charge is -2.58.